The fourth-order valence-corrected chi connectivity index (χ4v) is 5.62. The Bertz CT molecular complexity index is 2390. The maximum Gasteiger partial charge on any atom is 0.515 e. The molecule has 17 nitrogen and oxygen atoms in total. The van der Waals surface area contributed by atoms with E-state index >= 15 is 4.39 Å². The van der Waals surface area contributed by atoms with Crippen molar-refractivity contribution in [3.8, 4) is 11.5 Å². The van der Waals surface area contributed by atoms with Gasteiger partial charge in [0.1, 0.15) is 34.3 Å². The number of hydrogen-bond acceptors (Lipinski definition) is 12. The van der Waals surface area contributed by atoms with Crippen molar-refractivity contribution in [3.63, 3.8) is 0 Å². The highest BCUT2D eigenvalue weighted by Crippen LogP contribution is 2.35. The van der Waals surface area contributed by atoms with Crippen molar-refractivity contribution in [2.75, 3.05) is 36.8 Å². The van der Waals surface area contributed by atoms with Gasteiger partial charge in [-0.2, -0.15) is 23.0 Å². The zero-order valence-corrected chi connectivity index (χ0v) is 39.2. The van der Waals surface area contributed by atoms with E-state index in [1.165, 1.54) is 34.2 Å². The van der Waals surface area contributed by atoms with Gasteiger partial charge in [0, 0.05) is 49.9 Å². The summed E-state index contributed by atoms with van der Waals surface area (Å²) in [6.45, 7) is 11.1. The number of alkyl halides is 9. The molecule has 0 atom stereocenters. The molecule has 3 heterocycles. The minimum Gasteiger partial charge on any atom is -0.457 e. The van der Waals surface area contributed by atoms with Crippen molar-refractivity contribution < 1.29 is 65.2 Å². The summed E-state index contributed by atoms with van der Waals surface area (Å²) in [4.78, 5) is 69.0. The smallest absolute Gasteiger partial charge is 0.457 e. The monoisotopic (exact) mass is 1040 g/mol. The van der Waals surface area contributed by atoms with Crippen LogP contribution in [-0.2, 0) is 25.1 Å². The maximum absolute atomic E-state index is 15.2. The van der Waals surface area contributed by atoms with Gasteiger partial charge in [0.15, 0.2) is 5.69 Å². The number of urea groups is 1. The zero-order valence-electron chi connectivity index (χ0n) is 34.6. The average Bonchev–Trinajstić information content (AvgIpc) is 3.53. The molecule has 1 fully saturated rings. The zero-order chi connectivity index (χ0) is 48.9. The standard InChI is InChI=1S/C35H37F4N7O7.C3Cl6O3/c1-33(2,3)52-31(49)45-15-13-44(14-16-45)30(48)42-27-19-22(11-12-40-27)51-21-8-9-25(24(36)18-21)41-29(47)28-23-17-20(35(37,38)39)7-10-26(23)46(43-28)32(50)53-34(4,5)6;4-2(5,6)11-1(10)12-3(7,8)9/h7-12,17-19H,13-16H2,1-6H3,(H,41,47)(H,40,42,48);. The van der Waals surface area contributed by atoms with Crippen LogP contribution in [0.25, 0.3) is 10.9 Å². The minimum atomic E-state index is -4.76. The highest BCUT2D eigenvalue weighted by Gasteiger charge is 2.34. The minimum absolute atomic E-state index is 0.00304. The number of halogens is 10. The molecule has 1 aliphatic rings. The van der Waals surface area contributed by atoms with Crippen LogP contribution in [0.4, 0.5) is 48.2 Å². The number of amides is 4. The third-order valence-corrected chi connectivity index (χ3v) is 8.26. The lowest BCUT2D eigenvalue weighted by Gasteiger charge is -2.35. The summed E-state index contributed by atoms with van der Waals surface area (Å²) in [5.41, 5.74) is -3.78. The molecule has 0 spiro atoms. The molecule has 2 aromatic heterocycles. The molecule has 2 N–H and O–H groups in total. The van der Waals surface area contributed by atoms with Gasteiger partial charge in [-0.3, -0.25) is 10.1 Å². The lowest BCUT2D eigenvalue weighted by Crippen LogP contribution is -2.52. The third-order valence-electron chi connectivity index (χ3n) is 7.80. The Hall–Kier alpha value is -4.93. The van der Waals surface area contributed by atoms with E-state index in [0.29, 0.717) is 10.7 Å². The van der Waals surface area contributed by atoms with Crippen LogP contribution in [0.3, 0.4) is 0 Å². The van der Waals surface area contributed by atoms with E-state index in [2.05, 4.69) is 30.2 Å². The van der Waals surface area contributed by atoms with Crippen molar-refractivity contribution in [1.29, 1.82) is 0 Å². The Morgan fingerprint density at radius 1 is 0.677 bits per heavy atom. The molecule has 0 unspecified atom stereocenters. The first-order valence-corrected chi connectivity index (χ1v) is 20.7. The number of nitrogens with one attached hydrogen (secondary N) is 2. The lowest BCUT2D eigenvalue weighted by molar-refractivity contribution is -0.137. The van der Waals surface area contributed by atoms with Gasteiger partial charge in [0.25, 0.3) is 5.91 Å². The maximum atomic E-state index is 15.2. The first-order valence-electron chi connectivity index (χ1n) is 18.4. The molecule has 0 bridgehead atoms. The summed E-state index contributed by atoms with van der Waals surface area (Å²) in [7, 11) is 0. The number of fused-ring (bicyclic) bond motifs is 1. The second kappa shape index (κ2) is 20.7. The summed E-state index contributed by atoms with van der Waals surface area (Å²) >= 11 is 30.2. The van der Waals surface area contributed by atoms with Gasteiger partial charge in [-0.1, -0.05) is 0 Å². The molecule has 1 saturated heterocycles. The molecule has 4 aromatic rings. The van der Waals surface area contributed by atoms with Crippen LogP contribution in [0.1, 0.15) is 57.6 Å². The summed E-state index contributed by atoms with van der Waals surface area (Å²) in [5, 5.41) is 8.56. The van der Waals surface area contributed by atoms with E-state index in [1.807, 2.05) is 0 Å². The van der Waals surface area contributed by atoms with E-state index in [1.54, 1.807) is 41.5 Å². The Morgan fingerprint density at radius 3 is 1.77 bits per heavy atom. The number of carbonyl (C=O) groups excluding carboxylic acids is 5. The SMILES string of the molecule is CC(C)(C)OC(=O)N1CCN(C(=O)Nc2cc(Oc3ccc(NC(=O)c4nn(C(=O)OC(C)(C)C)c5ccc(C(F)(F)F)cc45)c(F)c3)ccn2)CC1.O=C(OC(Cl)(Cl)Cl)OC(Cl)(Cl)Cl. The number of rotatable bonds is 5. The van der Waals surface area contributed by atoms with Crippen LogP contribution >= 0.6 is 69.6 Å². The molecular weight excluding hydrogens is 1000 g/mol. The Labute approximate surface area is 397 Å². The molecule has 65 heavy (non-hydrogen) atoms. The molecule has 0 radical (unpaired) electrons. The van der Waals surface area contributed by atoms with E-state index in [0.717, 1.165) is 24.3 Å². The molecule has 1 aliphatic heterocycles. The van der Waals surface area contributed by atoms with Crippen LogP contribution in [0, 0.1) is 5.82 Å². The molecule has 0 aliphatic carbocycles. The lowest BCUT2D eigenvalue weighted by atomic mass is 10.1. The Morgan fingerprint density at radius 2 is 1.23 bits per heavy atom. The fourth-order valence-electron chi connectivity index (χ4n) is 5.24. The highest BCUT2D eigenvalue weighted by molar-refractivity contribution is 6.67. The van der Waals surface area contributed by atoms with Crippen LogP contribution in [0.5, 0.6) is 11.5 Å². The molecular formula is C38H37Cl6F4N7O10. The fraction of sp³-hybridized carbons (Fsp3) is 0.395. The van der Waals surface area contributed by atoms with Crippen LogP contribution in [0.2, 0.25) is 0 Å². The van der Waals surface area contributed by atoms with Gasteiger partial charge >= 0.3 is 38.5 Å². The second-order valence-electron chi connectivity index (χ2n) is 15.3. The van der Waals surface area contributed by atoms with Crippen LogP contribution in [0.15, 0.2) is 54.7 Å². The van der Waals surface area contributed by atoms with Gasteiger partial charge in [-0.15, -0.1) is 0 Å². The number of nitrogens with zero attached hydrogens (tertiary/aromatic N) is 5. The van der Waals surface area contributed by atoms with Crippen LogP contribution in [-0.4, -0.2) is 100 Å². The normalized spacial score (nSPS) is 13.5. The number of anilines is 2. The summed E-state index contributed by atoms with van der Waals surface area (Å²) < 4.78 is 76.4. The largest absolute Gasteiger partial charge is 0.515 e. The van der Waals surface area contributed by atoms with Gasteiger partial charge in [0.2, 0.25) is 0 Å². The number of hydrogen-bond donors (Lipinski definition) is 2. The number of aromatic nitrogens is 3. The predicted molar refractivity (Wildman–Crippen MR) is 232 cm³/mol. The topological polar surface area (TPSA) is 193 Å². The van der Waals surface area contributed by atoms with E-state index in [4.69, 9.17) is 83.8 Å². The van der Waals surface area contributed by atoms with Crippen LogP contribution < -0.4 is 15.4 Å². The van der Waals surface area contributed by atoms with E-state index in [9.17, 15) is 37.1 Å². The molecule has 4 amide bonds. The second-order valence-corrected chi connectivity index (χ2v) is 19.6. The van der Waals surface area contributed by atoms with Gasteiger partial charge < -0.3 is 38.8 Å². The third kappa shape index (κ3) is 16.8. The highest BCUT2D eigenvalue weighted by atomic mass is 35.6. The van der Waals surface area contributed by atoms with E-state index < -0.39 is 72.7 Å². The molecule has 0 saturated carbocycles. The van der Waals surface area contributed by atoms with Crippen molar-refractivity contribution in [2.24, 2.45) is 0 Å². The molecule has 2 aromatic carbocycles. The summed E-state index contributed by atoms with van der Waals surface area (Å²) in [6, 6.07) is 8.25. The average molecular weight is 1040 g/mol. The van der Waals surface area contributed by atoms with Crippen molar-refractivity contribution in [2.45, 2.75) is 66.9 Å². The van der Waals surface area contributed by atoms with Gasteiger partial charge in [-0.05, 0) is 148 Å². The number of pyridine rings is 1. The van der Waals surface area contributed by atoms with Crippen molar-refractivity contribution >= 4 is 122 Å². The number of piperazine rings is 1. The van der Waals surface area contributed by atoms with Gasteiger partial charge in [-0.25, -0.2) is 28.6 Å². The van der Waals surface area contributed by atoms with Crippen molar-refractivity contribution in [3.05, 3.63) is 71.8 Å². The summed E-state index contributed by atoms with van der Waals surface area (Å²) in [6.07, 6.45) is -6.30. The quantitative estimate of drug-likeness (QED) is 0.0833. The predicted octanol–water partition coefficient (Wildman–Crippen LogP) is 11.3. The van der Waals surface area contributed by atoms with Gasteiger partial charge in [0.05, 0.1) is 16.8 Å². The Kier molecular flexibility index (Phi) is 16.8. The molecule has 27 heteroatoms. The Balaban J connectivity index is 0.000000674. The first-order chi connectivity index (χ1) is 29.8. The molecule has 354 valence electrons. The summed E-state index contributed by atoms with van der Waals surface area (Å²) in [5.74, 6) is -1.74. The molecule has 5 rings (SSSR count). The number of ether oxygens (including phenoxy) is 5. The number of benzene rings is 2. The number of carbonyl (C=O) groups is 5. The van der Waals surface area contributed by atoms with Crippen molar-refractivity contribution in [1.82, 2.24) is 24.6 Å². The first kappa shape index (κ1) is 52.7. The van der Waals surface area contributed by atoms with E-state index in [-0.39, 0.29) is 60.1 Å².